The van der Waals surface area contributed by atoms with Gasteiger partial charge in [0.2, 0.25) is 0 Å². The van der Waals surface area contributed by atoms with Crippen molar-refractivity contribution in [3.05, 3.63) is 28.2 Å². The summed E-state index contributed by atoms with van der Waals surface area (Å²) in [7, 11) is 0. The molecule has 0 heterocycles. The Bertz CT molecular complexity index is 408. The van der Waals surface area contributed by atoms with Crippen LogP contribution in [-0.2, 0) is 6.54 Å². The number of rotatable bonds is 4. The van der Waals surface area contributed by atoms with E-state index in [2.05, 4.69) is 15.9 Å². The molecule has 0 spiro atoms. The van der Waals surface area contributed by atoms with Gasteiger partial charge >= 0.3 is 0 Å². The van der Waals surface area contributed by atoms with Gasteiger partial charge in [-0.2, -0.15) is 10.5 Å². The van der Waals surface area contributed by atoms with Crippen molar-refractivity contribution in [2.45, 2.75) is 6.54 Å². The predicted octanol–water partition coefficient (Wildman–Crippen LogP) is 1.88. The Balaban J connectivity index is 2.86. The summed E-state index contributed by atoms with van der Waals surface area (Å²) >= 11 is 3.41. The molecule has 0 unspecified atom stereocenters. The highest BCUT2D eigenvalue weighted by atomic mass is 79.9. The zero-order valence-electron chi connectivity index (χ0n) is 8.65. The van der Waals surface area contributed by atoms with Crippen LogP contribution in [0.15, 0.2) is 22.7 Å². The normalized spacial score (nSPS) is 9.75. The molecule has 5 heteroatoms. The number of nitriles is 2. The van der Waals surface area contributed by atoms with E-state index in [1.165, 1.54) is 0 Å². The van der Waals surface area contributed by atoms with E-state index in [9.17, 15) is 0 Å². The Kier molecular flexibility index (Phi) is 4.78. The molecule has 0 bridgehead atoms. The monoisotopic (exact) mass is 278 g/mol. The maximum atomic E-state index is 8.64. The van der Waals surface area contributed by atoms with Gasteiger partial charge in [0.05, 0.1) is 25.2 Å². The Morgan fingerprint density at radius 3 is 2.38 bits per heavy atom. The second-order valence-electron chi connectivity index (χ2n) is 3.27. The van der Waals surface area contributed by atoms with Crippen LogP contribution in [0.1, 0.15) is 5.56 Å². The van der Waals surface area contributed by atoms with Crippen molar-refractivity contribution in [3.8, 4) is 12.1 Å². The molecule has 0 aliphatic heterocycles. The SMILES string of the molecule is N#CCN(CC#N)Cc1c(N)cccc1Br. The van der Waals surface area contributed by atoms with Crippen LogP contribution < -0.4 is 5.73 Å². The minimum Gasteiger partial charge on any atom is -0.398 e. The molecule has 0 saturated heterocycles. The second kappa shape index (κ2) is 6.12. The van der Waals surface area contributed by atoms with Crippen LogP contribution in [0, 0.1) is 22.7 Å². The standard InChI is InChI=1S/C11H11BrN4/c12-10-2-1-3-11(15)9(10)8-16(6-4-13)7-5-14/h1-3H,6-8,15H2. The van der Waals surface area contributed by atoms with E-state index in [0.717, 1.165) is 10.0 Å². The minimum atomic E-state index is 0.217. The molecule has 0 aromatic heterocycles. The Morgan fingerprint density at radius 2 is 1.88 bits per heavy atom. The van der Waals surface area contributed by atoms with E-state index in [1.807, 2.05) is 24.3 Å². The summed E-state index contributed by atoms with van der Waals surface area (Å²) in [6, 6.07) is 9.60. The van der Waals surface area contributed by atoms with Crippen LogP contribution in [0.5, 0.6) is 0 Å². The van der Waals surface area contributed by atoms with Gasteiger partial charge in [-0.25, -0.2) is 0 Å². The van der Waals surface area contributed by atoms with E-state index < -0.39 is 0 Å². The van der Waals surface area contributed by atoms with E-state index in [-0.39, 0.29) is 13.1 Å². The van der Waals surface area contributed by atoms with Crippen molar-refractivity contribution in [2.75, 3.05) is 18.8 Å². The number of hydrogen-bond donors (Lipinski definition) is 1. The molecule has 0 saturated carbocycles. The number of hydrogen-bond acceptors (Lipinski definition) is 4. The zero-order valence-corrected chi connectivity index (χ0v) is 10.2. The van der Waals surface area contributed by atoms with Crippen LogP contribution in [0.2, 0.25) is 0 Å². The summed E-state index contributed by atoms with van der Waals surface area (Å²) in [5.74, 6) is 0. The smallest absolute Gasteiger partial charge is 0.0877 e. The fraction of sp³-hybridized carbons (Fsp3) is 0.273. The third-order valence-corrected chi connectivity index (χ3v) is 2.87. The van der Waals surface area contributed by atoms with Gasteiger partial charge < -0.3 is 5.73 Å². The third-order valence-electron chi connectivity index (χ3n) is 2.13. The summed E-state index contributed by atoms with van der Waals surface area (Å²) in [5.41, 5.74) is 7.41. The van der Waals surface area contributed by atoms with E-state index in [1.54, 1.807) is 11.0 Å². The first kappa shape index (κ1) is 12.5. The molecule has 16 heavy (non-hydrogen) atoms. The van der Waals surface area contributed by atoms with Gasteiger partial charge in [-0.05, 0) is 12.1 Å². The molecule has 4 nitrogen and oxygen atoms in total. The topological polar surface area (TPSA) is 76.8 Å². The molecular weight excluding hydrogens is 268 g/mol. The van der Waals surface area contributed by atoms with Gasteiger partial charge in [0.15, 0.2) is 0 Å². The molecule has 1 aromatic carbocycles. The van der Waals surface area contributed by atoms with Crippen molar-refractivity contribution in [1.82, 2.24) is 4.90 Å². The number of nitrogen functional groups attached to an aromatic ring is 1. The first-order valence-electron chi connectivity index (χ1n) is 4.68. The molecule has 0 aliphatic carbocycles. The second-order valence-corrected chi connectivity index (χ2v) is 4.12. The fourth-order valence-corrected chi connectivity index (χ4v) is 1.84. The van der Waals surface area contributed by atoms with Gasteiger partial charge in [0, 0.05) is 22.3 Å². The lowest BCUT2D eigenvalue weighted by Gasteiger charge is -2.17. The Morgan fingerprint density at radius 1 is 1.25 bits per heavy atom. The molecule has 0 aliphatic rings. The molecular formula is C11H11BrN4. The van der Waals surface area contributed by atoms with Crippen LogP contribution in [0.4, 0.5) is 5.69 Å². The van der Waals surface area contributed by atoms with Crippen LogP contribution in [-0.4, -0.2) is 18.0 Å². The van der Waals surface area contributed by atoms with Gasteiger partial charge in [-0.15, -0.1) is 0 Å². The van der Waals surface area contributed by atoms with Crippen LogP contribution in [0.3, 0.4) is 0 Å². The van der Waals surface area contributed by atoms with Crippen LogP contribution in [0.25, 0.3) is 0 Å². The maximum Gasteiger partial charge on any atom is 0.0877 e. The van der Waals surface area contributed by atoms with E-state index in [4.69, 9.17) is 16.3 Å². The highest BCUT2D eigenvalue weighted by molar-refractivity contribution is 9.10. The van der Waals surface area contributed by atoms with E-state index >= 15 is 0 Å². The maximum absolute atomic E-state index is 8.64. The Labute approximate surface area is 103 Å². The molecule has 82 valence electrons. The lowest BCUT2D eigenvalue weighted by atomic mass is 10.1. The van der Waals surface area contributed by atoms with Crippen LogP contribution >= 0.6 is 15.9 Å². The van der Waals surface area contributed by atoms with Crippen molar-refractivity contribution < 1.29 is 0 Å². The number of nitrogens with zero attached hydrogens (tertiary/aromatic N) is 3. The summed E-state index contributed by atoms with van der Waals surface area (Å²) in [6.07, 6.45) is 0. The largest absolute Gasteiger partial charge is 0.398 e. The zero-order chi connectivity index (χ0) is 12.0. The molecule has 2 N–H and O–H groups in total. The Hall–Kier alpha value is -1.56. The quantitative estimate of drug-likeness (QED) is 0.674. The van der Waals surface area contributed by atoms with Crippen molar-refractivity contribution in [1.29, 1.82) is 10.5 Å². The average Bonchev–Trinajstić information content (AvgIpc) is 2.24. The highest BCUT2D eigenvalue weighted by Gasteiger charge is 2.10. The van der Waals surface area contributed by atoms with Crippen molar-refractivity contribution in [2.24, 2.45) is 0 Å². The first-order chi connectivity index (χ1) is 7.69. The van der Waals surface area contributed by atoms with Gasteiger partial charge in [-0.1, -0.05) is 22.0 Å². The summed E-state index contributed by atoms with van der Waals surface area (Å²) < 4.78 is 0.897. The molecule has 0 amide bonds. The first-order valence-corrected chi connectivity index (χ1v) is 5.47. The highest BCUT2D eigenvalue weighted by Crippen LogP contribution is 2.23. The predicted molar refractivity (Wildman–Crippen MR) is 65.1 cm³/mol. The molecule has 1 aromatic rings. The average molecular weight is 279 g/mol. The lowest BCUT2D eigenvalue weighted by molar-refractivity contribution is 0.335. The number of nitrogens with two attached hydrogens (primary N) is 1. The van der Waals surface area contributed by atoms with Crippen molar-refractivity contribution in [3.63, 3.8) is 0 Å². The number of benzene rings is 1. The minimum absolute atomic E-state index is 0.217. The van der Waals surface area contributed by atoms with E-state index in [0.29, 0.717) is 12.2 Å². The molecule has 1 rings (SSSR count). The van der Waals surface area contributed by atoms with Gasteiger partial charge in [0.25, 0.3) is 0 Å². The van der Waals surface area contributed by atoms with Gasteiger partial charge in [-0.3, -0.25) is 4.90 Å². The summed E-state index contributed by atoms with van der Waals surface area (Å²) in [6.45, 7) is 0.928. The molecule has 0 atom stereocenters. The summed E-state index contributed by atoms with van der Waals surface area (Å²) in [4.78, 5) is 1.73. The number of anilines is 1. The van der Waals surface area contributed by atoms with Gasteiger partial charge in [0.1, 0.15) is 0 Å². The number of halogens is 1. The van der Waals surface area contributed by atoms with Crippen molar-refractivity contribution >= 4 is 21.6 Å². The molecule has 0 radical (unpaired) electrons. The molecule has 0 fully saturated rings. The lowest BCUT2D eigenvalue weighted by Crippen LogP contribution is -2.24. The fourth-order valence-electron chi connectivity index (χ4n) is 1.33. The third kappa shape index (κ3) is 3.23. The summed E-state index contributed by atoms with van der Waals surface area (Å²) in [5, 5.41) is 17.3.